The van der Waals surface area contributed by atoms with Gasteiger partial charge >= 0.3 is 5.97 Å². The second-order valence-corrected chi connectivity index (χ2v) is 9.96. The zero-order valence-electron chi connectivity index (χ0n) is 18.1. The number of thiocarbonyl (C=S) groups is 1. The first-order chi connectivity index (χ1) is 13.3. The largest absolute Gasteiger partial charge is 0.462 e. The summed E-state index contributed by atoms with van der Waals surface area (Å²) in [5.41, 5.74) is 1.91. The molecule has 1 aliphatic carbocycles. The quantitative estimate of drug-likeness (QED) is 0.436. The number of hydrogen-bond acceptors (Lipinski definition) is 4. The minimum absolute atomic E-state index is 0.217. The van der Waals surface area contributed by atoms with Gasteiger partial charge in [0.1, 0.15) is 5.00 Å². The van der Waals surface area contributed by atoms with Gasteiger partial charge in [-0.2, -0.15) is 0 Å². The van der Waals surface area contributed by atoms with Crippen LogP contribution < -0.4 is 5.32 Å². The Bertz CT molecular complexity index is 658. The molecule has 0 bridgehead atoms. The number of esters is 1. The van der Waals surface area contributed by atoms with Crippen LogP contribution in [0.4, 0.5) is 5.00 Å². The normalized spacial score (nSPS) is 14.4. The van der Waals surface area contributed by atoms with Crippen molar-refractivity contribution in [3.05, 3.63) is 16.0 Å². The summed E-state index contributed by atoms with van der Waals surface area (Å²) in [7, 11) is 0. The lowest BCUT2D eigenvalue weighted by Gasteiger charge is -2.29. The van der Waals surface area contributed by atoms with Crippen LogP contribution in [0, 0.1) is 11.8 Å². The number of nitrogens with zero attached hydrogens (tertiary/aromatic N) is 1. The minimum atomic E-state index is -0.217. The first-order valence-electron chi connectivity index (χ1n) is 10.7. The molecule has 0 saturated carbocycles. The Balaban J connectivity index is 2.32. The van der Waals surface area contributed by atoms with E-state index in [1.165, 1.54) is 29.7 Å². The second-order valence-electron chi connectivity index (χ2n) is 8.47. The molecule has 1 N–H and O–H groups in total. The highest BCUT2D eigenvalue weighted by atomic mass is 32.1. The van der Waals surface area contributed by atoms with Crippen molar-refractivity contribution in [2.75, 3.05) is 25.0 Å². The van der Waals surface area contributed by atoms with E-state index >= 15 is 0 Å². The molecule has 1 aromatic heterocycles. The van der Waals surface area contributed by atoms with E-state index in [9.17, 15) is 4.79 Å². The predicted octanol–water partition coefficient (Wildman–Crippen LogP) is 5.89. The lowest BCUT2D eigenvalue weighted by Crippen LogP contribution is -2.39. The first kappa shape index (κ1) is 23.1. The predicted molar refractivity (Wildman–Crippen MR) is 124 cm³/mol. The van der Waals surface area contributed by atoms with Crippen LogP contribution in [-0.2, 0) is 17.6 Å². The average molecular weight is 425 g/mol. The van der Waals surface area contributed by atoms with Gasteiger partial charge in [-0.15, -0.1) is 11.3 Å². The number of ether oxygens (including phenoxy) is 1. The molecule has 0 unspecified atom stereocenters. The number of nitrogens with one attached hydrogen (secondary N) is 1. The van der Waals surface area contributed by atoms with E-state index < -0.39 is 0 Å². The summed E-state index contributed by atoms with van der Waals surface area (Å²) in [6, 6.07) is 0. The molecule has 1 aromatic rings. The van der Waals surface area contributed by atoms with Crippen molar-refractivity contribution in [2.45, 2.75) is 73.1 Å². The summed E-state index contributed by atoms with van der Waals surface area (Å²) in [6.07, 6.45) is 6.82. The third-order valence-electron chi connectivity index (χ3n) is 4.83. The third-order valence-corrected chi connectivity index (χ3v) is 6.40. The minimum Gasteiger partial charge on any atom is -0.462 e. The number of anilines is 1. The van der Waals surface area contributed by atoms with Gasteiger partial charge in [-0.1, -0.05) is 40.5 Å². The molecule has 0 aliphatic heterocycles. The van der Waals surface area contributed by atoms with E-state index in [0.29, 0.717) is 23.6 Å². The molecule has 1 heterocycles. The van der Waals surface area contributed by atoms with Crippen LogP contribution in [0.1, 0.15) is 81.1 Å². The molecular formula is C22H36N2O2S2. The smallest absolute Gasteiger partial charge is 0.341 e. The van der Waals surface area contributed by atoms with Crippen molar-refractivity contribution in [1.82, 2.24) is 4.90 Å². The molecule has 0 fully saturated rings. The third kappa shape index (κ3) is 6.45. The lowest BCUT2D eigenvalue weighted by atomic mass is 9.96. The van der Waals surface area contributed by atoms with Crippen LogP contribution in [0.3, 0.4) is 0 Å². The number of carbonyl (C=O) groups is 1. The molecule has 0 saturated heterocycles. The molecule has 2 rings (SSSR count). The van der Waals surface area contributed by atoms with E-state index in [0.717, 1.165) is 42.9 Å². The van der Waals surface area contributed by atoms with Crippen LogP contribution in [0.2, 0.25) is 0 Å². The number of fused-ring (bicyclic) bond motifs is 1. The van der Waals surface area contributed by atoms with E-state index in [2.05, 4.69) is 37.9 Å². The van der Waals surface area contributed by atoms with Gasteiger partial charge in [0.25, 0.3) is 0 Å². The number of hydrogen-bond donors (Lipinski definition) is 1. The summed E-state index contributed by atoms with van der Waals surface area (Å²) >= 11 is 7.46. The maximum Gasteiger partial charge on any atom is 0.341 e. The highest BCUT2D eigenvalue weighted by Gasteiger charge is 2.26. The van der Waals surface area contributed by atoms with Crippen molar-refractivity contribution in [3.8, 4) is 0 Å². The van der Waals surface area contributed by atoms with Crippen molar-refractivity contribution >= 4 is 39.6 Å². The van der Waals surface area contributed by atoms with Gasteiger partial charge in [0, 0.05) is 18.0 Å². The van der Waals surface area contributed by atoms with Crippen molar-refractivity contribution in [3.63, 3.8) is 0 Å². The fourth-order valence-electron chi connectivity index (χ4n) is 3.72. The molecule has 0 amide bonds. The number of carbonyl (C=O) groups excluding carboxylic acids is 1. The van der Waals surface area contributed by atoms with Gasteiger partial charge in [-0.05, 0) is 62.2 Å². The molecule has 0 spiro atoms. The van der Waals surface area contributed by atoms with E-state index in [-0.39, 0.29) is 5.97 Å². The fourth-order valence-corrected chi connectivity index (χ4v) is 5.32. The van der Waals surface area contributed by atoms with Gasteiger partial charge in [0.15, 0.2) is 5.11 Å². The summed E-state index contributed by atoms with van der Waals surface area (Å²) in [6.45, 7) is 12.9. The Hall–Kier alpha value is -1.14. The number of rotatable bonds is 7. The zero-order chi connectivity index (χ0) is 20.7. The average Bonchev–Trinajstić information content (AvgIpc) is 2.90. The molecular weight excluding hydrogens is 388 g/mol. The summed E-state index contributed by atoms with van der Waals surface area (Å²) in [5, 5.41) is 5.01. The number of aryl methyl sites for hydroxylation is 1. The zero-order valence-corrected chi connectivity index (χ0v) is 19.7. The topological polar surface area (TPSA) is 41.6 Å². The maximum atomic E-state index is 12.8. The Morgan fingerprint density at radius 2 is 1.71 bits per heavy atom. The summed E-state index contributed by atoms with van der Waals surface area (Å²) in [5.74, 6) is 0.823. The maximum absolute atomic E-state index is 12.8. The van der Waals surface area contributed by atoms with Gasteiger partial charge in [-0.25, -0.2) is 4.79 Å². The highest BCUT2D eigenvalue weighted by Crippen LogP contribution is 2.37. The van der Waals surface area contributed by atoms with Crippen molar-refractivity contribution < 1.29 is 9.53 Å². The summed E-state index contributed by atoms with van der Waals surface area (Å²) < 4.78 is 5.41. The Kier molecular flexibility index (Phi) is 9.22. The summed E-state index contributed by atoms with van der Waals surface area (Å²) in [4.78, 5) is 16.4. The molecule has 28 heavy (non-hydrogen) atoms. The molecule has 6 heteroatoms. The molecule has 0 radical (unpaired) electrons. The van der Waals surface area contributed by atoms with Crippen LogP contribution in [0.25, 0.3) is 0 Å². The SMILES string of the molecule is CCOC(=O)c1c(NC(=S)N(CC(C)C)CC(C)C)sc2c1CCCCCC2. The van der Waals surface area contributed by atoms with Crippen molar-refractivity contribution in [2.24, 2.45) is 11.8 Å². The van der Waals surface area contributed by atoms with Crippen LogP contribution in [0.5, 0.6) is 0 Å². The molecule has 158 valence electrons. The monoisotopic (exact) mass is 424 g/mol. The van der Waals surface area contributed by atoms with Crippen LogP contribution in [-0.4, -0.2) is 35.7 Å². The fraction of sp³-hybridized carbons (Fsp3) is 0.727. The highest BCUT2D eigenvalue weighted by molar-refractivity contribution is 7.80. The van der Waals surface area contributed by atoms with Crippen LogP contribution in [0.15, 0.2) is 0 Å². The van der Waals surface area contributed by atoms with Gasteiger partial charge < -0.3 is 15.0 Å². The van der Waals surface area contributed by atoms with Gasteiger partial charge in [0.05, 0.1) is 12.2 Å². The van der Waals surface area contributed by atoms with E-state index in [1.54, 1.807) is 11.3 Å². The van der Waals surface area contributed by atoms with E-state index in [1.807, 2.05) is 6.92 Å². The molecule has 0 aromatic carbocycles. The van der Waals surface area contributed by atoms with E-state index in [4.69, 9.17) is 17.0 Å². The van der Waals surface area contributed by atoms with Crippen molar-refractivity contribution in [1.29, 1.82) is 0 Å². The Labute approximate surface area is 180 Å². The number of thiophene rings is 1. The standard InChI is InChI=1S/C22H36N2O2S2/c1-6-26-21(25)19-17-11-9-7-8-10-12-18(17)28-20(19)23-22(27)24(13-15(2)3)14-16(4)5/h15-16H,6-14H2,1-5H3,(H,23,27). The molecule has 4 nitrogen and oxygen atoms in total. The Morgan fingerprint density at radius 1 is 1.11 bits per heavy atom. The van der Waals surface area contributed by atoms with Gasteiger partial charge in [0.2, 0.25) is 0 Å². The van der Waals surface area contributed by atoms with Crippen LogP contribution >= 0.6 is 23.6 Å². The Morgan fingerprint density at radius 3 is 2.29 bits per heavy atom. The van der Waals surface area contributed by atoms with Gasteiger partial charge in [-0.3, -0.25) is 0 Å². The lowest BCUT2D eigenvalue weighted by molar-refractivity contribution is 0.0526. The molecule has 0 atom stereocenters. The second kappa shape index (κ2) is 11.1. The first-order valence-corrected chi connectivity index (χ1v) is 11.9. The molecule has 1 aliphatic rings.